The summed E-state index contributed by atoms with van der Waals surface area (Å²) < 4.78 is 10.8. The third-order valence-corrected chi connectivity index (χ3v) is 6.29. The van der Waals surface area contributed by atoms with E-state index in [0.29, 0.717) is 24.5 Å². The maximum atomic E-state index is 12.7. The Labute approximate surface area is 193 Å². The second-order valence-corrected chi connectivity index (χ2v) is 8.33. The molecule has 4 amide bonds. The van der Waals surface area contributed by atoms with Crippen molar-refractivity contribution in [2.45, 2.75) is 44.2 Å². The van der Waals surface area contributed by atoms with Crippen LogP contribution in [-0.2, 0) is 22.4 Å². The standard InChI is InChI=1S/C25H29N3O5/c1-32-21-14-17-8-9-19(18(17)15-22(21)33-2)26-23(29)11-10-20-24(30)28(25(31)27-20)13-12-16-6-4-3-5-7-16/h3-7,14-15,19-20H,8-13H2,1-2H3,(H,26,29)(H,27,31)/t19-,20-/m0/s1. The van der Waals surface area contributed by atoms with Gasteiger partial charge in [-0.05, 0) is 54.5 Å². The lowest BCUT2D eigenvalue weighted by Gasteiger charge is -2.17. The van der Waals surface area contributed by atoms with Crippen LogP contribution >= 0.6 is 0 Å². The van der Waals surface area contributed by atoms with Crippen molar-refractivity contribution in [3.8, 4) is 11.5 Å². The minimum absolute atomic E-state index is 0.108. The van der Waals surface area contributed by atoms with Gasteiger partial charge in [0.25, 0.3) is 5.91 Å². The fourth-order valence-corrected chi connectivity index (χ4v) is 4.49. The van der Waals surface area contributed by atoms with E-state index < -0.39 is 12.1 Å². The third kappa shape index (κ3) is 4.94. The maximum Gasteiger partial charge on any atom is 0.324 e. The first-order valence-corrected chi connectivity index (χ1v) is 11.2. The van der Waals surface area contributed by atoms with Crippen LogP contribution < -0.4 is 20.1 Å². The van der Waals surface area contributed by atoms with Gasteiger partial charge >= 0.3 is 6.03 Å². The van der Waals surface area contributed by atoms with Gasteiger partial charge in [-0.25, -0.2) is 4.79 Å². The van der Waals surface area contributed by atoms with Crippen LogP contribution in [0, 0.1) is 0 Å². The number of carbonyl (C=O) groups excluding carboxylic acids is 3. The van der Waals surface area contributed by atoms with Gasteiger partial charge in [0.1, 0.15) is 6.04 Å². The minimum atomic E-state index is -0.667. The van der Waals surface area contributed by atoms with Crippen molar-refractivity contribution in [1.29, 1.82) is 0 Å². The zero-order valence-corrected chi connectivity index (χ0v) is 18.9. The molecule has 2 aliphatic rings. The number of urea groups is 1. The number of ether oxygens (including phenoxy) is 2. The van der Waals surface area contributed by atoms with E-state index >= 15 is 0 Å². The number of hydrogen-bond acceptors (Lipinski definition) is 5. The fourth-order valence-electron chi connectivity index (χ4n) is 4.49. The molecule has 2 N–H and O–H groups in total. The number of nitrogens with zero attached hydrogens (tertiary/aromatic N) is 1. The number of fused-ring (bicyclic) bond motifs is 1. The van der Waals surface area contributed by atoms with Gasteiger partial charge in [-0.1, -0.05) is 30.3 Å². The van der Waals surface area contributed by atoms with Crippen molar-refractivity contribution in [2.24, 2.45) is 0 Å². The smallest absolute Gasteiger partial charge is 0.324 e. The van der Waals surface area contributed by atoms with E-state index in [4.69, 9.17) is 9.47 Å². The molecule has 4 rings (SSSR count). The van der Waals surface area contributed by atoms with Crippen molar-refractivity contribution in [2.75, 3.05) is 20.8 Å². The molecule has 33 heavy (non-hydrogen) atoms. The second kappa shape index (κ2) is 9.94. The quantitative estimate of drug-likeness (QED) is 0.572. The molecule has 1 heterocycles. The van der Waals surface area contributed by atoms with Crippen LogP contribution in [0.25, 0.3) is 0 Å². The van der Waals surface area contributed by atoms with E-state index in [2.05, 4.69) is 10.6 Å². The summed E-state index contributed by atoms with van der Waals surface area (Å²) >= 11 is 0. The van der Waals surface area contributed by atoms with Crippen molar-refractivity contribution in [1.82, 2.24) is 15.5 Å². The first-order chi connectivity index (χ1) is 16.0. The number of amides is 4. The molecule has 0 unspecified atom stereocenters. The fraction of sp³-hybridized carbons (Fsp3) is 0.400. The van der Waals surface area contributed by atoms with Gasteiger partial charge in [-0.15, -0.1) is 0 Å². The Morgan fingerprint density at radius 1 is 1.12 bits per heavy atom. The number of methoxy groups -OCH3 is 2. The third-order valence-electron chi connectivity index (χ3n) is 6.29. The van der Waals surface area contributed by atoms with Crippen LogP contribution in [0.1, 0.15) is 42.0 Å². The summed E-state index contributed by atoms with van der Waals surface area (Å²) in [6.45, 7) is 0.321. The van der Waals surface area contributed by atoms with Crippen molar-refractivity contribution < 1.29 is 23.9 Å². The van der Waals surface area contributed by atoms with Crippen LogP contribution in [0.15, 0.2) is 42.5 Å². The largest absolute Gasteiger partial charge is 0.493 e. The van der Waals surface area contributed by atoms with Crippen molar-refractivity contribution >= 4 is 17.8 Å². The number of nitrogens with one attached hydrogen (secondary N) is 2. The summed E-state index contributed by atoms with van der Waals surface area (Å²) in [5.74, 6) is 0.891. The molecule has 0 bridgehead atoms. The van der Waals surface area contributed by atoms with Gasteiger partial charge in [-0.2, -0.15) is 0 Å². The van der Waals surface area contributed by atoms with Crippen LogP contribution in [0.3, 0.4) is 0 Å². The predicted octanol–water partition coefficient (Wildman–Crippen LogP) is 2.75. The molecular formula is C25H29N3O5. The lowest BCUT2D eigenvalue weighted by molar-refractivity contribution is -0.127. The summed E-state index contributed by atoms with van der Waals surface area (Å²) in [5, 5.41) is 5.77. The van der Waals surface area contributed by atoms with Gasteiger partial charge in [0.15, 0.2) is 11.5 Å². The van der Waals surface area contributed by atoms with E-state index in [1.165, 1.54) is 4.90 Å². The number of rotatable bonds is 9. The van der Waals surface area contributed by atoms with Crippen LogP contribution in [0.5, 0.6) is 11.5 Å². The van der Waals surface area contributed by atoms with Gasteiger partial charge in [-0.3, -0.25) is 14.5 Å². The molecule has 0 radical (unpaired) electrons. The molecule has 8 heteroatoms. The van der Waals surface area contributed by atoms with Crippen LogP contribution in [0.2, 0.25) is 0 Å². The first-order valence-electron chi connectivity index (χ1n) is 11.2. The number of hydrogen-bond donors (Lipinski definition) is 2. The molecule has 2 aromatic carbocycles. The van der Waals surface area contributed by atoms with E-state index in [0.717, 1.165) is 29.5 Å². The molecule has 174 valence electrons. The van der Waals surface area contributed by atoms with Gasteiger partial charge < -0.3 is 20.1 Å². The first kappa shape index (κ1) is 22.6. The monoisotopic (exact) mass is 451 g/mol. The van der Waals surface area contributed by atoms with Crippen molar-refractivity contribution in [3.63, 3.8) is 0 Å². The number of benzene rings is 2. The van der Waals surface area contributed by atoms with Gasteiger partial charge in [0.05, 0.1) is 20.3 Å². The highest BCUT2D eigenvalue weighted by Gasteiger charge is 2.37. The summed E-state index contributed by atoms with van der Waals surface area (Å²) in [6, 6.07) is 12.4. The van der Waals surface area contributed by atoms with Gasteiger partial charge in [0, 0.05) is 13.0 Å². The Balaban J connectivity index is 1.29. The summed E-state index contributed by atoms with van der Waals surface area (Å²) in [7, 11) is 3.19. The molecule has 0 spiro atoms. The maximum absolute atomic E-state index is 12.7. The molecule has 2 aromatic rings. The average Bonchev–Trinajstić information content (AvgIpc) is 3.34. The molecule has 1 fully saturated rings. The molecule has 1 aliphatic carbocycles. The zero-order valence-electron chi connectivity index (χ0n) is 18.9. The van der Waals surface area contributed by atoms with E-state index in [1.807, 2.05) is 42.5 Å². The Morgan fingerprint density at radius 3 is 2.58 bits per heavy atom. The normalized spacial score (nSPS) is 19.3. The SMILES string of the molecule is COc1cc2c(cc1OC)[C@@H](NC(=O)CC[C@@H]1NC(=O)N(CCc3ccccc3)C1=O)CC2. The number of imide groups is 1. The molecule has 0 saturated carbocycles. The van der Waals surface area contributed by atoms with E-state index in [-0.39, 0.29) is 30.7 Å². The predicted molar refractivity (Wildman–Crippen MR) is 122 cm³/mol. The second-order valence-electron chi connectivity index (χ2n) is 8.33. The van der Waals surface area contributed by atoms with Gasteiger partial charge in [0.2, 0.25) is 5.91 Å². The highest BCUT2D eigenvalue weighted by atomic mass is 16.5. The van der Waals surface area contributed by atoms with E-state index in [1.54, 1.807) is 14.2 Å². The minimum Gasteiger partial charge on any atom is -0.493 e. The van der Waals surface area contributed by atoms with Crippen LogP contribution in [0.4, 0.5) is 4.79 Å². The summed E-state index contributed by atoms with van der Waals surface area (Å²) in [5.41, 5.74) is 3.22. The summed E-state index contributed by atoms with van der Waals surface area (Å²) in [6.07, 6.45) is 2.66. The Bertz CT molecular complexity index is 1040. The molecule has 1 aliphatic heterocycles. The lowest BCUT2D eigenvalue weighted by Crippen LogP contribution is -2.34. The molecule has 8 nitrogen and oxygen atoms in total. The Morgan fingerprint density at radius 2 is 1.85 bits per heavy atom. The Hall–Kier alpha value is -3.55. The topological polar surface area (TPSA) is 97.0 Å². The molecular weight excluding hydrogens is 422 g/mol. The van der Waals surface area contributed by atoms with Crippen molar-refractivity contribution in [3.05, 3.63) is 59.2 Å². The molecule has 0 aromatic heterocycles. The lowest BCUT2D eigenvalue weighted by atomic mass is 10.1. The number of carbonyl (C=O) groups is 3. The highest BCUT2D eigenvalue weighted by molar-refractivity contribution is 6.04. The molecule has 1 saturated heterocycles. The average molecular weight is 452 g/mol. The van der Waals surface area contributed by atoms with E-state index in [9.17, 15) is 14.4 Å². The molecule has 2 atom stereocenters. The number of aryl methyl sites for hydroxylation is 1. The zero-order chi connectivity index (χ0) is 23.4. The summed E-state index contributed by atoms with van der Waals surface area (Å²) in [4.78, 5) is 38.8. The van der Waals surface area contributed by atoms with Crippen LogP contribution in [-0.4, -0.2) is 49.6 Å². The highest BCUT2D eigenvalue weighted by Crippen LogP contribution is 2.39. The Kier molecular flexibility index (Phi) is 6.82.